The van der Waals surface area contributed by atoms with Gasteiger partial charge in [0.25, 0.3) is 0 Å². The van der Waals surface area contributed by atoms with Gasteiger partial charge in [-0.2, -0.15) is 0 Å². The molecule has 0 spiro atoms. The second kappa shape index (κ2) is 12.7. The van der Waals surface area contributed by atoms with Gasteiger partial charge in [-0.15, -0.1) is 24.0 Å². The van der Waals surface area contributed by atoms with Crippen LogP contribution in [0.1, 0.15) is 31.4 Å². The third-order valence-corrected chi connectivity index (χ3v) is 4.33. The average molecular weight is 482 g/mol. The first-order valence-electron chi connectivity index (χ1n) is 8.57. The molecule has 0 saturated carbocycles. The second-order valence-electron chi connectivity index (χ2n) is 6.07. The van der Waals surface area contributed by atoms with Crippen LogP contribution in [0.5, 0.6) is 0 Å². The van der Waals surface area contributed by atoms with E-state index in [4.69, 9.17) is 21.1 Å². The van der Waals surface area contributed by atoms with Gasteiger partial charge in [0.1, 0.15) is 0 Å². The summed E-state index contributed by atoms with van der Waals surface area (Å²) in [4.78, 5) is 4.26. The molecule has 7 heteroatoms. The van der Waals surface area contributed by atoms with Crippen molar-refractivity contribution >= 4 is 41.5 Å². The van der Waals surface area contributed by atoms with Gasteiger partial charge in [-0.05, 0) is 37.5 Å². The predicted molar refractivity (Wildman–Crippen MR) is 114 cm³/mol. The zero-order chi connectivity index (χ0) is 17.2. The van der Waals surface area contributed by atoms with E-state index in [-0.39, 0.29) is 30.0 Å². The smallest absolute Gasteiger partial charge is 0.191 e. The zero-order valence-corrected chi connectivity index (χ0v) is 18.1. The maximum Gasteiger partial charge on any atom is 0.191 e. The molecule has 25 heavy (non-hydrogen) atoms. The summed E-state index contributed by atoms with van der Waals surface area (Å²) >= 11 is 5.93. The Hall–Kier alpha value is -0.570. The molecule has 1 aliphatic heterocycles. The summed E-state index contributed by atoms with van der Waals surface area (Å²) in [7, 11) is 1.78. The Morgan fingerprint density at radius 2 is 2.16 bits per heavy atom. The third-order valence-electron chi connectivity index (χ3n) is 4.08. The molecule has 2 atom stereocenters. The van der Waals surface area contributed by atoms with E-state index in [0.717, 1.165) is 56.8 Å². The third kappa shape index (κ3) is 8.57. The number of guanidine groups is 1. The molecule has 1 fully saturated rings. The number of nitrogens with zero attached hydrogens (tertiary/aromatic N) is 1. The summed E-state index contributed by atoms with van der Waals surface area (Å²) in [6.45, 7) is 6.21. The van der Waals surface area contributed by atoms with Crippen molar-refractivity contribution in [3.05, 3.63) is 34.9 Å². The molecule has 2 unspecified atom stereocenters. The van der Waals surface area contributed by atoms with E-state index in [2.05, 4.69) is 22.5 Å². The Bertz CT molecular complexity index is 508. The van der Waals surface area contributed by atoms with Crippen LogP contribution in [0.15, 0.2) is 29.3 Å². The summed E-state index contributed by atoms with van der Waals surface area (Å²) < 4.78 is 11.0. The molecule has 1 aromatic rings. The molecule has 2 N–H and O–H groups in total. The maximum absolute atomic E-state index is 5.93. The quantitative estimate of drug-likeness (QED) is 0.258. The van der Waals surface area contributed by atoms with Crippen LogP contribution < -0.4 is 10.6 Å². The minimum Gasteiger partial charge on any atom is -0.381 e. The van der Waals surface area contributed by atoms with Gasteiger partial charge in [0.2, 0.25) is 0 Å². The largest absolute Gasteiger partial charge is 0.381 e. The summed E-state index contributed by atoms with van der Waals surface area (Å²) in [5, 5.41) is 7.44. The topological polar surface area (TPSA) is 54.9 Å². The molecule has 0 aliphatic carbocycles. The van der Waals surface area contributed by atoms with Crippen molar-refractivity contribution in [2.75, 3.05) is 40.0 Å². The number of aliphatic imine (C=N–C) groups is 1. The highest BCUT2D eigenvalue weighted by molar-refractivity contribution is 14.0. The summed E-state index contributed by atoms with van der Waals surface area (Å²) in [6, 6.07) is 8.00. The first kappa shape index (κ1) is 22.5. The van der Waals surface area contributed by atoms with Crippen molar-refractivity contribution < 1.29 is 9.47 Å². The zero-order valence-electron chi connectivity index (χ0n) is 15.0. The predicted octanol–water partition coefficient (Wildman–Crippen LogP) is 3.63. The number of halogens is 2. The van der Waals surface area contributed by atoms with Crippen LogP contribution in [0, 0.1) is 5.92 Å². The van der Waals surface area contributed by atoms with E-state index in [1.54, 1.807) is 7.05 Å². The monoisotopic (exact) mass is 481 g/mol. The van der Waals surface area contributed by atoms with Gasteiger partial charge >= 0.3 is 0 Å². The standard InChI is InChI=1S/C18H28ClN3O2.HI/c1-14(16-4-6-17(19)7-5-16)22-18(20-2)21-9-3-10-23-12-15-8-11-24-13-15;/h4-7,14-15H,3,8-13H2,1-2H3,(H2,20,21,22);1H. The lowest BCUT2D eigenvalue weighted by atomic mass is 10.1. The second-order valence-corrected chi connectivity index (χ2v) is 6.51. The molecule has 1 heterocycles. The van der Waals surface area contributed by atoms with Crippen molar-refractivity contribution in [3.63, 3.8) is 0 Å². The van der Waals surface area contributed by atoms with Crippen LogP contribution in [0.3, 0.4) is 0 Å². The van der Waals surface area contributed by atoms with Crippen LogP contribution >= 0.6 is 35.6 Å². The van der Waals surface area contributed by atoms with Gasteiger partial charge in [-0.1, -0.05) is 23.7 Å². The van der Waals surface area contributed by atoms with E-state index in [9.17, 15) is 0 Å². The molecule has 1 saturated heterocycles. The highest BCUT2D eigenvalue weighted by Crippen LogP contribution is 2.15. The number of nitrogens with one attached hydrogen (secondary N) is 2. The Kier molecular flexibility index (Phi) is 11.4. The van der Waals surface area contributed by atoms with E-state index >= 15 is 0 Å². The molecule has 5 nitrogen and oxygen atoms in total. The molecule has 0 bridgehead atoms. The van der Waals surface area contributed by atoms with Crippen molar-refractivity contribution in [1.82, 2.24) is 10.6 Å². The number of ether oxygens (including phenoxy) is 2. The van der Waals surface area contributed by atoms with Crippen molar-refractivity contribution in [2.45, 2.75) is 25.8 Å². The van der Waals surface area contributed by atoms with Gasteiger partial charge in [-0.3, -0.25) is 4.99 Å². The van der Waals surface area contributed by atoms with E-state index in [0.29, 0.717) is 5.92 Å². The van der Waals surface area contributed by atoms with Crippen LogP contribution in [-0.2, 0) is 9.47 Å². The lowest BCUT2D eigenvalue weighted by Crippen LogP contribution is -2.39. The highest BCUT2D eigenvalue weighted by atomic mass is 127. The van der Waals surface area contributed by atoms with Crippen molar-refractivity contribution in [3.8, 4) is 0 Å². The fraction of sp³-hybridized carbons (Fsp3) is 0.611. The van der Waals surface area contributed by atoms with Gasteiger partial charge in [0.15, 0.2) is 5.96 Å². The number of rotatable bonds is 8. The summed E-state index contributed by atoms with van der Waals surface area (Å²) in [5.74, 6) is 1.37. The lowest BCUT2D eigenvalue weighted by Gasteiger charge is -2.18. The lowest BCUT2D eigenvalue weighted by molar-refractivity contribution is 0.0888. The molecule has 1 aliphatic rings. The fourth-order valence-corrected chi connectivity index (χ4v) is 2.71. The van der Waals surface area contributed by atoms with Crippen LogP contribution in [0.25, 0.3) is 0 Å². The number of benzene rings is 1. The molecule has 0 amide bonds. The van der Waals surface area contributed by atoms with Gasteiger partial charge in [-0.25, -0.2) is 0 Å². The maximum atomic E-state index is 5.93. The molecular formula is C18H29ClIN3O2. The Morgan fingerprint density at radius 3 is 2.80 bits per heavy atom. The molecule has 2 rings (SSSR count). The number of hydrogen-bond donors (Lipinski definition) is 2. The van der Waals surface area contributed by atoms with Gasteiger partial charge < -0.3 is 20.1 Å². The fourth-order valence-electron chi connectivity index (χ4n) is 2.58. The van der Waals surface area contributed by atoms with Crippen LogP contribution in [-0.4, -0.2) is 46.0 Å². The SMILES string of the molecule is CN=C(NCCCOCC1CCOC1)NC(C)c1ccc(Cl)cc1.I. The van der Waals surface area contributed by atoms with Gasteiger partial charge in [0, 0.05) is 37.7 Å². The highest BCUT2D eigenvalue weighted by Gasteiger charge is 2.15. The van der Waals surface area contributed by atoms with E-state index < -0.39 is 0 Å². The summed E-state index contributed by atoms with van der Waals surface area (Å²) in [6.07, 6.45) is 2.07. The first-order valence-corrected chi connectivity index (χ1v) is 8.95. The Morgan fingerprint density at radius 1 is 1.40 bits per heavy atom. The van der Waals surface area contributed by atoms with Crippen LogP contribution in [0.2, 0.25) is 5.02 Å². The molecule has 0 radical (unpaired) electrons. The Balaban J connectivity index is 0.00000312. The minimum absolute atomic E-state index is 0. The van der Waals surface area contributed by atoms with E-state index in [1.165, 1.54) is 5.56 Å². The Labute approximate surface area is 172 Å². The summed E-state index contributed by atoms with van der Waals surface area (Å²) in [5.41, 5.74) is 1.17. The first-order chi connectivity index (χ1) is 11.7. The number of hydrogen-bond acceptors (Lipinski definition) is 3. The van der Waals surface area contributed by atoms with Crippen molar-refractivity contribution in [1.29, 1.82) is 0 Å². The van der Waals surface area contributed by atoms with E-state index in [1.807, 2.05) is 24.3 Å². The average Bonchev–Trinajstić information content (AvgIpc) is 3.10. The molecule has 142 valence electrons. The van der Waals surface area contributed by atoms with Gasteiger partial charge in [0.05, 0.1) is 19.3 Å². The molecular weight excluding hydrogens is 453 g/mol. The molecule has 0 aromatic heterocycles. The van der Waals surface area contributed by atoms with Crippen molar-refractivity contribution in [2.24, 2.45) is 10.9 Å². The minimum atomic E-state index is 0. The van der Waals surface area contributed by atoms with Crippen LogP contribution in [0.4, 0.5) is 0 Å². The molecule has 1 aromatic carbocycles. The normalized spacial score (nSPS) is 18.5.